The van der Waals surface area contributed by atoms with Crippen LogP contribution in [0.2, 0.25) is 0 Å². The summed E-state index contributed by atoms with van der Waals surface area (Å²) in [4.78, 5) is 0. The van der Waals surface area contributed by atoms with Crippen LogP contribution in [-0.2, 0) is 5.60 Å². The smallest absolute Gasteiger partial charge is 0.385 e. The molecule has 1 atom stereocenters. The van der Waals surface area contributed by atoms with Crippen LogP contribution in [0.1, 0.15) is 18.9 Å². The van der Waals surface area contributed by atoms with Gasteiger partial charge in [0.1, 0.15) is 0 Å². The van der Waals surface area contributed by atoms with Crippen LogP contribution in [0.3, 0.4) is 0 Å². The van der Waals surface area contributed by atoms with Crippen LogP contribution in [0.15, 0.2) is 24.3 Å². The van der Waals surface area contributed by atoms with Crippen LogP contribution in [-0.4, -0.2) is 23.1 Å². The predicted octanol–water partition coefficient (Wildman–Crippen LogP) is 4.72. The van der Waals surface area contributed by atoms with Crippen molar-refractivity contribution < 1.29 is 35.8 Å². The van der Waals surface area contributed by atoms with Gasteiger partial charge in [-0.2, -0.15) is 30.7 Å². The van der Waals surface area contributed by atoms with Gasteiger partial charge in [-0.15, -0.1) is 0 Å². The van der Waals surface area contributed by atoms with E-state index in [0.717, 1.165) is 6.92 Å². The Bertz CT molecular complexity index is 493. The Balaban J connectivity index is 3.09. The second-order valence-corrected chi connectivity index (χ2v) is 5.98. The Labute approximate surface area is 129 Å². The molecule has 1 aromatic carbocycles. The highest BCUT2D eigenvalue weighted by molar-refractivity contribution is 14.1. The molecule has 1 rings (SSSR count). The fraction of sp³-hybridized carbons (Fsp3) is 0.500. The summed E-state index contributed by atoms with van der Waals surface area (Å²) < 4.78 is 89.1. The summed E-state index contributed by atoms with van der Waals surface area (Å²) in [5, 5.41) is 9.86. The molecule has 0 bridgehead atoms. The highest BCUT2D eigenvalue weighted by Gasteiger charge is 2.73. The molecule has 0 amide bonds. The molecule has 1 aromatic rings. The fourth-order valence-corrected chi connectivity index (χ4v) is 2.02. The van der Waals surface area contributed by atoms with Gasteiger partial charge in [0.2, 0.25) is 0 Å². The lowest BCUT2D eigenvalue weighted by Gasteiger charge is -2.34. The summed E-state index contributed by atoms with van der Waals surface area (Å²) in [5.74, 6) is -11.7. The molecular weight excluding hydrogens is 420 g/mol. The lowest BCUT2D eigenvalue weighted by atomic mass is 9.87. The van der Waals surface area contributed by atoms with Crippen LogP contribution < -0.4 is 0 Å². The quantitative estimate of drug-likeness (QED) is 0.542. The molecule has 0 heterocycles. The SMILES string of the molecule is CC(O)(CC(F)(F)C(F)(F)C(F)(F)F)c1ccc(I)cc1. The molecule has 1 nitrogen and oxygen atoms in total. The summed E-state index contributed by atoms with van der Waals surface area (Å²) in [6, 6.07) is 5.18. The zero-order valence-electron chi connectivity index (χ0n) is 10.5. The van der Waals surface area contributed by atoms with Crippen molar-refractivity contribution in [3.05, 3.63) is 33.4 Å². The molecular formula is C12H10F7IO. The third-order valence-electron chi connectivity index (χ3n) is 2.85. The average Bonchev–Trinajstić information content (AvgIpc) is 2.26. The van der Waals surface area contributed by atoms with Crippen LogP contribution in [0.5, 0.6) is 0 Å². The minimum absolute atomic E-state index is 0.180. The number of alkyl halides is 7. The maximum Gasteiger partial charge on any atom is 0.459 e. The van der Waals surface area contributed by atoms with Gasteiger partial charge in [0.25, 0.3) is 0 Å². The van der Waals surface area contributed by atoms with Gasteiger partial charge in [0.15, 0.2) is 0 Å². The normalized spacial score (nSPS) is 16.7. The molecule has 9 heteroatoms. The molecule has 0 saturated heterocycles. The highest BCUT2D eigenvalue weighted by atomic mass is 127. The van der Waals surface area contributed by atoms with Crippen LogP contribution in [0, 0.1) is 3.57 Å². The van der Waals surface area contributed by atoms with Crippen LogP contribution in [0.25, 0.3) is 0 Å². The number of halogens is 8. The second-order valence-electron chi connectivity index (χ2n) is 4.73. The highest BCUT2D eigenvalue weighted by Crippen LogP contribution is 2.50. The maximum absolute atomic E-state index is 13.3. The molecule has 0 spiro atoms. The van der Waals surface area contributed by atoms with Crippen LogP contribution >= 0.6 is 22.6 Å². The zero-order valence-corrected chi connectivity index (χ0v) is 12.6. The van der Waals surface area contributed by atoms with Gasteiger partial charge in [-0.3, -0.25) is 0 Å². The Morgan fingerprint density at radius 1 is 0.952 bits per heavy atom. The molecule has 0 aliphatic carbocycles. The number of hydrogen-bond acceptors (Lipinski definition) is 1. The molecule has 0 aliphatic heterocycles. The van der Waals surface area contributed by atoms with Crippen molar-refractivity contribution >= 4 is 22.6 Å². The molecule has 1 unspecified atom stereocenters. The van der Waals surface area contributed by atoms with Gasteiger partial charge in [-0.1, -0.05) is 12.1 Å². The Morgan fingerprint density at radius 2 is 1.38 bits per heavy atom. The second kappa shape index (κ2) is 5.56. The van der Waals surface area contributed by atoms with Gasteiger partial charge < -0.3 is 5.11 Å². The summed E-state index contributed by atoms with van der Waals surface area (Å²) in [6.45, 7) is 0.759. The Hall–Kier alpha value is -0.580. The van der Waals surface area contributed by atoms with Crippen molar-refractivity contribution in [2.24, 2.45) is 0 Å². The van der Waals surface area contributed by atoms with Crippen molar-refractivity contribution in [1.29, 1.82) is 0 Å². The van der Waals surface area contributed by atoms with Crippen molar-refractivity contribution in [3.8, 4) is 0 Å². The van der Waals surface area contributed by atoms with Gasteiger partial charge >= 0.3 is 18.0 Å². The lowest BCUT2D eigenvalue weighted by molar-refractivity contribution is -0.361. The monoisotopic (exact) mass is 430 g/mol. The van der Waals surface area contributed by atoms with Gasteiger partial charge in [0, 0.05) is 3.57 Å². The van der Waals surface area contributed by atoms with E-state index >= 15 is 0 Å². The van der Waals surface area contributed by atoms with E-state index in [0.29, 0.717) is 3.57 Å². The third kappa shape index (κ3) is 3.79. The fourth-order valence-electron chi connectivity index (χ4n) is 1.66. The topological polar surface area (TPSA) is 20.2 Å². The molecule has 0 aliphatic rings. The summed E-state index contributed by atoms with van der Waals surface area (Å²) >= 11 is 1.88. The predicted molar refractivity (Wildman–Crippen MR) is 69.3 cm³/mol. The van der Waals surface area contributed by atoms with Gasteiger partial charge in [-0.25, -0.2) is 0 Å². The number of aliphatic hydroxyl groups is 1. The van der Waals surface area contributed by atoms with Crippen molar-refractivity contribution in [1.82, 2.24) is 0 Å². The maximum atomic E-state index is 13.3. The van der Waals surface area contributed by atoms with E-state index in [1.807, 2.05) is 22.6 Å². The summed E-state index contributed by atoms with van der Waals surface area (Å²) in [5.41, 5.74) is -2.72. The van der Waals surface area contributed by atoms with Crippen molar-refractivity contribution in [2.45, 2.75) is 37.0 Å². The van der Waals surface area contributed by atoms with Gasteiger partial charge in [-0.05, 0) is 47.2 Å². The van der Waals surface area contributed by atoms with Crippen molar-refractivity contribution in [3.63, 3.8) is 0 Å². The van der Waals surface area contributed by atoms with E-state index in [2.05, 4.69) is 0 Å². The Morgan fingerprint density at radius 3 is 1.76 bits per heavy atom. The number of rotatable bonds is 4. The molecule has 0 saturated carbocycles. The van der Waals surface area contributed by atoms with Crippen LogP contribution in [0.4, 0.5) is 30.7 Å². The first kappa shape index (κ1) is 18.5. The first-order chi connectivity index (χ1) is 9.21. The van der Waals surface area contributed by atoms with E-state index < -0.39 is 30.0 Å². The molecule has 120 valence electrons. The minimum Gasteiger partial charge on any atom is -0.385 e. The molecule has 1 N–H and O–H groups in total. The number of benzene rings is 1. The summed E-state index contributed by atoms with van der Waals surface area (Å²) in [7, 11) is 0. The van der Waals surface area contributed by atoms with E-state index in [4.69, 9.17) is 0 Å². The summed E-state index contributed by atoms with van der Waals surface area (Å²) in [6.07, 6.45) is -8.47. The van der Waals surface area contributed by atoms with Crippen molar-refractivity contribution in [2.75, 3.05) is 0 Å². The first-order valence-corrected chi connectivity index (χ1v) is 6.59. The molecule has 0 radical (unpaired) electrons. The van der Waals surface area contributed by atoms with E-state index in [-0.39, 0.29) is 5.56 Å². The van der Waals surface area contributed by atoms with E-state index in [1.54, 1.807) is 0 Å². The first-order valence-electron chi connectivity index (χ1n) is 5.51. The third-order valence-corrected chi connectivity index (χ3v) is 3.57. The lowest BCUT2D eigenvalue weighted by Crippen LogP contribution is -2.54. The zero-order chi connectivity index (χ0) is 16.7. The Kier molecular flexibility index (Phi) is 4.89. The molecule has 0 fully saturated rings. The van der Waals surface area contributed by atoms with E-state index in [1.165, 1.54) is 24.3 Å². The molecule has 21 heavy (non-hydrogen) atoms. The average molecular weight is 430 g/mol. The number of hydrogen-bond donors (Lipinski definition) is 1. The van der Waals surface area contributed by atoms with E-state index in [9.17, 15) is 35.8 Å². The minimum atomic E-state index is -6.40. The van der Waals surface area contributed by atoms with Gasteiger partial charge in [0.05, 0.1) is 12.0 Å². The standard InChI is InChI=1S/C12H10F7IO/c1-9(21,7-2-4-8(20)5-3-7)6-10(13,14)11(15,16)12(17,18)19/h2-5,21H,6H2,1H3. The largest absolute Gasteiger partial charge is 0.459 e. The molecule has 0 aromatic heterocycles.